The number of rotatable bonds is 11. The van der Waals surface area contributed by atoms with E-state index in [1.165, 1.54) is 0 Å². The number of unbranched alkanes of at least 4 members (excludes halogenated alkanes) is 1. The number of halogens is 1. The maximum absolute atomic E-state index is 12.4. The third kappa shape index (κ3) is 6.93. The number of benzene rings is 2. The lowest BCUT2D eigenvalue weighted by molar-refractivity contribution is 0.0734. The number of ether oxygens (including phenoxy) is 3. The Morgan fingerprint density at radius 2 is 1.86 bits per heavy atom. The molecule has 0 saturated heterocycles. The zero-order valence-electron chi connectivity index (χ0n) is 16.4. The highest BCUT2D eigenvalue weighted by atomic mass is 35.5. The van der Waals surface area contributed by atoms with Gasteiger partial charge in [0.15, 0.2) is 0 Å². The van der Waals surface area contributed by atoms with Gasteiger partial charge >= 0.3 is 5.97 Å². The molecule has 0 spiro atoms. The van der Waals surface area contributed by atoms with Crippen molar-refractivity contribution in [2.45, 2.75) is 33.1 Å². The van der Waals surface area contributed by atoms with Crippen molar-refractivity contribution in [3.63, 3.8) is 0 Å². The Bertz CT molecular complexity index is 771. The van der Waals surface area contributed by atoms with E-state index in [4.69, 9.17) is 25.8 Å². The van der Waals surface area contributed by atoms with Crippen LogP contribution in [0.4, 0.5) is 0 Å². The van der Waals surface area contributed by atoms with E-state index >= 15 is 0 Å². The van der Waals surface area contributed by atoms with Crippen LogP contribution in [0, 0.1) is 5.92 Å². The highest BCUT2D eigenvalue weighted by Crippen LogP contribution is 2.27. The molecule has 28 heavy (non-hydrogen) atoms. The fraction of sp³-hybridized carbons (Fsp3) is 0.348. The predicted molar refractivity (Wildman–Crippen MR) is 113 cm³/mol. The first-order valence-corrected chi connectivity index (χ1v) is 9.89. The summed E-state index contributed by atoms with van der Waals surface area (Å²) in [5, 5.41) is 0.377. The quantitative estimate of drug-likeness (QED) is 0.191. The molecular weight excluding hydrogens is 376 g/mol. The van der Waals surface area contributed by atoms with Gasteiger partial charge in [-0.1, -0.05) is 37.9 Å². The summed E-state index contributed by atoms with van der Waals surface area (Å²) in [4.78, 5) is 12.4. The summed E-state index contributed by atoms with van der Waals surface area (Å²) in [7, 11) is 0. The van der Waals surface area contributed by atoms with Gasteiger partial charge in [0, 0.05) is 0 Å². The summed E-state index contributed by atoms with van der Waals surface area (Å²) >= 11 is 6.21. The molecule has 0 amide bonds. The van der Waals surface area contributed by atoms with Gasteiger partial charge in [-0.15, -0.1) is 6.58 Å². The Labute approximate surface area is 172 Å². The minimum Gasteiger partial charge on any atom is -0.493 e. The number of hydrogen-bond donors (Lipinski definition) is 0. The van der Waals surface area contributed by atoms with Gasteiger partial charge in [0.1, 0.15) is 17.2 Å². The molecule has 2 aromatic carbocycles. The molecule has 0 heterocycles. The minimum atomic E-state index is -0.478. The van der Waals surface area contributed by atoms with Gasteiger partial charge < -0.3 is 14.2 Å². The first kappa shape index (κ1) is 21.8. The maximum atomic E-state index is 12.4. The Kier molecular flexibility index (Phi) is 8.89. The van der Waals surface area contributed by atoms with Crippen LogP contribution in [0.3, 0.4) is 0 Å². The van der Waals surface area contributed by atoms with Crippen LogP contribution in [-0.4, -0.2) is 19.2 Å². The second-order valence-electron chi connectivity index (χ2n) is 6.61. The molecule has 0 aliphatic rings. The number of esters is 1. The molecule has 2 rings (SSSR count). The summed E-state index contributed by atoms with van der Waals surface area (Å²) in [6.45, 7) is 9.15. The molecule has 0 unspecified atom stereocenters. The van der Waals surface area contributed by atoms with Gasteiger partial charge in [-0.25, -0.2) is 4.79 Å². The van der Waals surface area contributed by atoms with E-state index in [9.17, 15) is 4.79 Å². The average molecular weight is 403 g/mol. The van der Waals surface area contributed by atoms with E-state index in [0.29, 0.717) is 41.2 Å². The molecule has 0 aliphatic carbocycles. The van der Waals surface area contributed by atoms with Gasteiger partial charge in [-0.2, -0.15) is 0 Å². The fourth-order valence-corrected chi connectivity index (χ4v) is 2.52. The molecule has 4 nitrogen and oxygen atoms in total. The number of hydrogen-bond acceptors (Lipinski definition) is 4. The normalized spacial score (nSPS) is 11.5. The van der Waals surface area contributed by atoms with Crippen LogP contribution < -0.4 is 14.2 Å². The molecule has 0 fully saturated rings. The molecule has 150 valence electrons. The van der Waals surface area contributed by atoms with Crippen LogP contribution in [0.15, 0.2) is 55.1 Å². The number of carbonyl (C=O) groups excluding carboxylic acids is 1. The highest BCUT2D eigenvalue weighted by Gasteiger charge is 2.12. The maximum Gasteiger partial charge on any atom is 0.343 e. The van der Waals surface area contributed by atoms with Crippen LogP contribution in [0.2, 0.25) is 5.02 Å². The van der Waals surface area contributed by atoms with Crippen molar-refractivity contribution >= 4 is 17.6 Å². The smallest absolute Gasteiger partial charge is 0.343 e. The number of carbonyl (C=O) groups is 1. The summed E-state index contributed by atoms with van der Waals surface area (Å²) in [6.07, 6.45) is 4.65. The summed E-state index contributed by atoms with van der Waals surface area (Å²) in [6, 6.07) is 11.9. The molecule has 1 atom stereocenters. The lowest BCUT2D eigenvalue weighted by Gasteiger charge is -2.11. The van der Waals surface area contributed by atoms with Crippen molar-refractivity contribution in [1.82, 2.24) is 0 Å². The van der Waals surface area contributed by atoms with Crippen LogP contribution in [0.5, 0.6) is 17.2 Å². The largest absolute Gasteiger partial charge is 0.493 e. The van der Waals surface area contributed by atoms with Gasteiger partial charge in [0.2, 0.25) is 0 Å². The lowest BCUT2D eigenvalue weighted by atomic mass is 10.1. The van der Waals surface area contributed by atoms with Gasteiger partial charge in [0.25, 0.3) is 0 Å². The van der Waals surface area contributed by atoms with Crippen LogP contribution >= 0.6 is 11.6 Å². The van der Waals surface area contributed by atoms with Gasteiger partial charge in [-0.3, -0.25) is 0 Å². The molecule has 0 N–H and O–H groups in total. The standard InChI is InChI=1S/C23H27ClO4/c1-4-6-7-14-26-22-13-8-18(15-21(22)24)23(25)28-20-11-9-19(10-12-20)27-16-17(3)5-2/h4,8-13,15,17H,1,5-7,14,16H2,2-3H3/t17-/m0/s1. The molecule has 2 aromatic rings. The zero-order valence-corrected chi connectivity index (χ0v) is 17.2. The SMILES string of the molecule is C=CCCCOc1ccc(C(=O)Oc2ccc(OC[C@@H](C)CC)cc2)cc1Cl. The van der Waals surface area contributed by atoms with Crippen molar-refractivity contribution in [3.8, 4) is 17.2 Å². The fourth-order valence-electron chi connectivity index (χ4n) is 2.28. The van der Waals surface area contributed by atoms with Crippen molar-refractivity contribution in [1.29, 1.82) is 0 Å². The zero-order chi connectivity index (χ0) is 20.4. The van der Waals surface area contributed by atoms with Crippen molar-refractivity contribution in [2.75, 3.05) is 13.2 Å². The molecule has 0 aromatic heterocycles. The molecule has 0 radical (unpaired) electrons. The van der Waals surface area contributed by atoms with E-state index in [2.05, 4.69) is 20.4 Å². The first-order chi connectivity index (χ1) is 13.5. The van der Waals surface area contributed by atoms with Gasteiger partial charge in [0.05, 0.1) is 23.8 Å². The Hall–Kier alpha value is -2.46. The first-order valence-electron chi connectivity index (χ1n) is 9.51. The molecule has 5 heteroatoms. The number of allylic oxidation sites excluding steroid dienone is 1. The molecule has 0 bridgehead atoms. The third-order valence-corrected chi connectivity index (χ3v) is 4.54. The average Bonchev–Trinajstić information content (AvgIpc) is 2.71. The molecular formula is C23H27ClO4. The highest BCUT2D eigenvalue weighted by molar-refractivity contribution is 6.32. The second-order valence-corrected chi connectivity index (χ2v) is 7.02. The summed E-state index contributed by atoms with van der Waals surface area (Å²) in [5.41, 5.74) is 0.362. The minimum absolute atomic E-state index is 0.362. The van der Waals surface area contributed by atoms with Gasteiger partial charge in [-0.05, 0) is 61.2 Å². The van der Waals surface area contributed by atoms with E-state index in [-0.39, 0.29) is 0 Å². The van der Waals surface area contributed by atoms with Crippen LogP contribution in [0.25, 0.3) is 0 Å². The topological polar surface area (TPSA) is 44.8 Å². The monoisotopic (exact) mass is 402 g/mol. The van der Waals surface area contributed by atoms with Crippen molar-refractivity contribution in [2.24, 2.45) is 5.92 Å². The van der Waals surface area contributed by atoms with Crippen molar-refractivity contribution in [3.05, 3.63) is 65.7 Å². The van der Waals surface area contributed by atoms with Crippen LogP contribution in [-0.2, 0) is 0 Å². The Balaban J connectivity index is 1.91. The predicted octanol–water partition coefficient (Wildman–Crippen LogP) is 6.33. The van der Waals surface area contributed by atoms with E-state index in [0.717, 1.165) is 25.0 Å². The molecule has 0 saturated carbocycles. The lowest BCUT2D eigenvalue weighted by Crippen LogP contribution is -2.09. The second kappa shape index (κ2) is 11.4. The summed E-state index contributed by atoms with van der Waals surface area (Å²) in [5.74, 6) is 1.76. The van der Waals surface area contributed by atoms with Crippen LogP contribution in [0.1, 0.15) is 43.5 Å². The molecule has 0 aliphatic heterocycles. The van der Waals surface area contributed by atoms with E-state index < -0.39 is 5.97 Å². The Morgan fingerprint density at radius 1 is 1.14 bits per heavy atom. The van der Waals surface area contributed by atoms with Crippen molar-refractivity contribution < 1.29 is 19.0 Å². The van der Waals surface area contributed by atoms with E-state index in [1.807, 2.05) is 6.08 Å². The third-order valence-electron chi connectivity index (χ3n) is 4.24. The Morgan fingerprint density at radius 3 is 2.50 bits per heavy atom. The van der Waals surface area contributed by atoms with E-state index in [1.54, 1.807) is 42.5 Å². The summed E-state index contributed by atoms with van der Waals surface area (Å²) < 4.78 is 16.7.